The van der Waals surface area contributed by atoms with Gasteiger partial charge in [-0.25, -0.2) is 19.9 Å². The van der Waals surface area contributed by atoms with Crippen LogP contribution in [0.2, 0.25) is 5.02 Å². The highest BCUT2D eigenvalue weighted by Gasteiger charge is 2.26. The normalized spacial score (nSPS) is 11.8. The predicted octanol–water partition coefficient (Wildman–Crippen LogP) is 5.82. The molecule has 1 aromatic carbocycles. The van der Waals surface area contributed by atoms with E-state index in [2.05, 4.69) is 35.9 Å². The molecule has 0 unspecified atom stereocenters. The fraction of sp³-hybridized carbons (Fsp3) is 0.294. The molecule has 0 spiro atoms. The van der Waals surface area contributed by atoms with E-state index < -0.39 is 12.6 Å². The van der Waals surface area contributed by atoms with Crippen molar-refractivity contribution >= 4 is 38.4 Å². The molecule has 0 fully saturated rings. The number of benzene rings is 1. The maximum Gasteiger partial charge on any atom is 0.389 e. The van der Waals surface area contributed by atoms with Crippen molar-refractivity contribution in [1.82, 2.24) is 19.9 Å². The van der Waals surface area contributed by atoms with Gasteiger partial charge in [-0.1, -0.05) is 27.5 Å². The number of fused-ring (bicyclic) bond motifs is 1. The minimum atomic E-state index is -4.21. The van der Waals surface area contributed by atoms with Crippen molar-refractivity contribution in [1.29, 1.82) is 0 Å². The first kappa shape index (κ1) is 19.8. The van der Waals surface area contributed by atoms with Gasteiger partial charge >= 0.3 is 12.2 Å². The molecule has 0 atom stereocenters. The van der Waals surface area contributed by atoms with Gasteiger partial charge in [-0.3, -0.25) is 0 Å². The third-order valence-electron chi connectivity index (χ3n) is 3.59. The van der Waals surface area contributed by atoms with Crippen molar-refractivity contribution in [3.8, 4) is 11.8 Å². The average molecular weight is 462 g/mol. The number of alkyl halides is 3. The Balaban J connectivity index is 2.02. The zero-order chi connectivity index (χ0) is 19.6. The molecule has 0 saturated carbocycles. The van der Waals surface area contributed by atoms with Crippen molar-refractivity contribution in [2.75, 3.05) is 0 Å². The van der Waals surface area contributed by atoms with E-state index in [0.717, 1.165) is 0 Å². The van der Waals surface area contributed by atoms with Crippen LogP contribution in [-0.2, 0) is 6.42 Å². The molecular formula is C17H13BrClF3N4O. The Morgan fingerprint density at radius 2 is 1.85 bits per heavy atom. The molecule has 0 N–H and O–H groups in total. The average Bonchev–Trinajstić information content (AvgIpc) is 2.54. The third kappa shape index (κ3) is 5.26. The summed E-state index contributed by atoms with van der Waals surface area (Å²) in [4.78, 5) is 16.7. The molecule has 0 aliphatic carbocycles. The fourth-order valence-corrected chi connectivity index (χ4v) is 3.09. The minimum Gasteiger partial charge on any atom is -0.423 e. The summed E-state index contributed by atoms with van der Waals surface area (Å²) in [6, 6.07) is 3.49. The molecule has 0 aliphatic heterocycles. The zero-order valence-electron chi connectivity index (χ0n) is 14.0. The van der Waals surface area contributed by atoms with E-state index in [1.807, 2.05) is 0 Å². The lowest BCUT2D eigenvalue weighted by Crippen LogP contribution is -2.08. The predicted molar refractivity (Wildman–Crippen MR) is 98.1 cm³/mol. The Bertz CT molecular complexity index is 962. The van der Waals surface area contributed by atoms with Crippen LogP contribution in [0, 0.1) is 6.92 Å². The maximum absolute atomic E-state index is 12.5. The fourth-order valence-electron chi connectivity index (χ4n) is 2.57. The summed E-state index contributed by atoms with van der Waals surface area (Å²) in [6.07, 6.45) is -2.27. The lowest BCUT2D eigenvalue weighted by atomic mass is 10.1. The van der Waals surface area contributed by atoms with Crippen molar-refractivity contribution < 1.29 is 17.9 Å². The molecule has 2 heterocycles. The number of rotatable bonds is 5. The molecule has 2 aromatic heterocycles. The monoisotopic (exact) mass is 460 g/mol. The van der Waals surface area contributed by atoms with Crippen LogP contribution in [0.5, 0.6) is 11.8 Å². The Morgan fingerprint density at radius 1 is 1.15 bits per heavy atom. The van der Waals surface area contributed by atoms with Crippen LogP contribution in [0.25, 0.3) is 10.9 Å². The number of halogens is 5. The molecule has 0 saturated heterocycles. The molecule has 3 aromatic rings. The molecule has 142 valence electrons. The highest BCUT2D eigenvalue weighted by Crippen LogP contribution is 2.34. The van der Waals surface area contributed by atoms with Crippen LogP contribution >= 0.6 is 27.5 Å². The molecule has 10 heteroatoms. The summed E-state index contributed by atoms with van der Waals surface area (Å²) in [5.41, 5.74) is 1.04. The SMILES string of the molecule is Cc1nc(CCCC(F)(F)F)c2c(Oc3ncc(Cl)cn3)cc(Br)cc2n1. The van der Waals surface area contributed by atoms with Gasteiger partial charge in [0.25, 0.3) is 0 Å². The van der Waals surface area contributed by atoms with E-state index in [4.69, 9.17) is 16.3 Å². The van der Waals surface area contributed by atoms with Gasteiger partial charge in [0, 0.05) is 10.9 Å². The van der Waals surface area contributed by atoms with Gasteiger partial charge in [-0.2, -0.15) is 13.2 Å². The third-order valence-corrected chi connectivity index (χ3v) is 4.24. The summed E-state index contributed by atoms with van der Waals surface area (Å²) >= 11 is 9.16. The van der Waals surface area contributed by atoms with Crippen LogP contribution in [0.15, 0.2) is 29.0 Å². The first-order valence-electron chi connectivity index (χ1n) is 7.90. The number of hydrogen-bond acceptors (Lipinski definition) is 5. The van der Waals surface area contributed by atoms with E-state index in [9.17, 15) is 13.2 Å². The number of aryl methyl sites for hydroxylation is 2. The van der Waals surface area contributed by atoms with Crippen LogP contribution < -0.4 is 4.74 Å². The van der Waals surface area contributed by atoms with Crippen LogP contribution in [0.3, 0.4) is 0 Å². The van der Waals surface area contributed by atoms with E-state index >= 15 is 0 Å². The van der Waals surface area contributed by atoms with Crippen molar-refractivity contribution in [3.63, 3.8) is 0 Å². The highest BCUT2D eigenvalue weighted by atomic mass is 79.9. The second-order valence-corrected chi connectivity index (χ2v) is 7.12. The number of aromatic nitrogens is 4. The molecule has 3 rings (SSSR count). The first-order chi connectivity index (χ1) is 12.7. The zero-order valence-corrected chi connectivity index (χ0v) is 16.4. The molecule has 0 amide bonds. The highest BCUT2D eigenvalue weighted by molar-refractivity contribution is 9.10. The summed E-state index contributed by atoms with van der Waals surface area (Å²) < 4.78 is 44.0. The van der Waals surface area contributed by atoms with Crippen molar-refractivity contribution in [2.24, 2.45) is 0 Å². The second kappa shape index (κ2) is 7.93. The first-order valence-corrected chi connectivity index (χ1v) is 9.07. The maximum atomic E-state index is 12.5. The molecule has 0 aliphatic rings. The molecule has 0 radical (unpaired) electrons. The van der Waals surface area contributed by atoms with Gasteiger partial charge in [0.05, 0.1) is 34.0 Å². The lowest BCUT2D eigenvalue weighted by Gasteiger charge is -2.13. The quantitative estimate of drug-likeness (QED) is 0.479. The van der Waals surface area contributed by atoms with E-state index in [0.29, 0.717) is 37.7 Å². The molecule has 27 heavy (non-hydrogen) atoms. The van der Waals surface area contributed by atoms with Crippen molar-refractivity contribution in [2.45, 2.75) is 32.4 Å². The molecule has 5 nitrogen and oxygen atoms in total. The van der Waals surface area contributed by atoms with Gasteiger partial charge in [0.2, 0.25) is 0 Å². The number of ether oxygens (including phenoxy) is 1. The Labute approximate surface area is 166 Å². The molecular weight excluding hydrogens is 449 g/mol. The largest absolute Gasteiger partial charge is 0.423 e. The van der Waals surface area contributed by atoms with Crippen LogP contribution in [0.1, 0.15) is 24.4 Å². The summed E-state index contributed by atoms with van der Waals surface area (Å²) in [5, 5.41) is 0.887. The summed E-state index contributed by atoms with van der Waals surface area (Å²) in [6.45, 7) is 1.69. The minimum absolute atomic E-state index is 0.0561. The van der Waals surface area contributed by atoms with Gasteiger partial charge in [-0.15, -0.1) is 0 Å². The molecule has 0 bridgehead atoms. The van der Waals surface area contributed by atoms with E-state index in [-0.39, 0.29) is 18.9 Å². The van der Waals surface area contributed by atoms with E-state index in [1.165, 1.54) is 12.4 Å². The second-order valence-electron chi connectivity index (χ2n) is 5.77. The van der Waals surface area contributed by atoms with Gasteiger partial charge < -0.3 is 4.74 Å². The number of nitrogens with zero attached hydrogens (tertiary/aromatic N) is 4. The van der Waals surface area contributed by atoms with Gasteiger partial charge in [0.15, 0.2) is 0 Å². The summed E-state index contributed by atoms with van der Waals surface area (Å²) in [5.74, 6) is 0.819. The van der Waals surface area contributed by atoms with Gasteiger partial charge in [0.1, 0.15) is 11.6 Å². The van der Waals surface area contributed by atoms with Crippen molar-refractivity contribution in [3.05, 3.63) is 45.5 Å². The van der Waals surface area contributed by atoms with Gasteiger partial charge in [-0.05, 0) is 31.9 Å². The summed E-state index contributed by atoms with van der Waals surface area (Å²) in [7, 11) is 0. The Morgan fingerprint density at radius 3 is 2.52 bits per heavy atom. The Hall–Kier alpha value is -2.00. The Kier molecular flexibility index (Phi) is 5.81. The number of hydrogen-bond donors (Lipinski definition) is 0. The van der Waals surface area contributed by atoms with Crippen LogP contribution in [0.4, 0.5) is 13.2 Å². The standard InChI is InChI=1S/C17H13BrClF3N4O/c1-9-25-12(3-2-4-17(20,21)22)15-13(26-9)5-10(18)6-14(15)27-16-23-7-11(19)8-24-16/h5-8H,2-4H2,1H3. The van der Waals surface area contributed by atoms with E-state index in [1.54, 1.807) is 19.1 Å². The lowest BCUT2D eigenvalue weighted by molar-refractivity contribution is -0.135. The smallest absolute Gasteiger partial charge is 0.389 e. The van der Waals surface area contributed by atoms with Crippen LogP contribution in [-0.4, -0.2) is 26.1 Å². The topological polar surface area (TPSA) is 60.8 Å².